The Morgan fingerprint density at radius 3 is 2.77 bits per heavy atom. The normalized spacial score (nSPS) is 14.8. The van der Waals surface area contributed by atoms with Gasteiger partial charge in [-0.3, -0.25) is 0 Å². The molecule has 4 heteroatoms. The second-order valence-corrected chi connectivity index (χ2v) is 3.83. The molecule has 0 radical (unpaired) electrons. The summed E-state index contributed by atoms with van der Waals surface area (Å²) in [6.07, 6.45) is 1.68. The van der Waals surface area contributed by atoms with Crippen molar-refractivity contribution in [3.8, 4) is 0 Å². The lowest BCUT2D eigenvalue weighted by Crippen LogP contribution is -1.98. The number of benzene rings is 1. The lowest BCUT2D eigenvalue weighted by Gasteiger charge is -1.96. The molecule has 0 unspecified atom stereocenters. The number of hydrogen-bond acceptors (Lipinski definition) is 1. The third-order valence-corrected chi connectivity index (χ3v) is 2.32. The molecule has 64 valence electrons. The summed E-state index contributed by atoms with van der Waals surface area (Å²) < 4.78 is 1.03. The highest BCUT2D eigenvalue weighted by Gasteiger charge is 2.07. The molecule has 1 aliphatic rings. The Labute approximate surface area is 89.5 Å². The summed E-state index contributed by atoms with van der Waals surface area (Å²) >= 11 is 8.22. The fourth-order valence-electron chi connectivity index (χ4n) is 1.06. The second-order valence-electron chi connectivity index (χ2n) is 2.55. The van der Waals surface area contributed by atoms with Crippen molar-refractivity contribution in [2.75, 3.05) is 0 Å². The highest BCUT2D eigenvalue weighted by molar-refractivity contribution is 9.10. The summed E-state index contributed by atoms with van der Waals surface area (Å²) in [5.74, 6) is 0. The van der Waals surface area contributed by atoms with Gasteiger partial charge in [0.1, 0.15) is 0 Å². The summed E-state index contributed by atoms with van der Waals surface area (Å²) in [7, 11) is 0. The minimum Gasteiger partial charge on any atom is -0.225 e. The zero-order chi connectivity index (χ0) is 9.26. The summed E-state index contributed by atoms with van der Waals surface area (Å²) in [5, 5.41) is 0.398. The minimum absolute atomic E-state index is 0.398. The van der Waals surface area contributed by atoms with Gasteiger partial charge in [0.25, 0.3) is 0 Å². The predicted octanol–water partition coefficient (Wildman–Crippen LogP) is 2.61. The quantitative estimate of drug-likeness (QED) is 0.706. The van der Waals surface area contributed by atoms with Crippen LogP contribution >= 0.6 is 28.1 Å². The van der Waals surface area contributed by atoms with Crippen LogP contribution in [0.4, 0.5) is 0 Å². The second kappa shape index (κ2) is 3.47. The van der Waals surface area contributed by atoms with Gasteiger partial charge in [-0.05, 0) is 24.4 Å². The van der Waals surface area contributed by atoms with Crippen LogP contribution in [0.15, 0.2) is 38.7 Å². The molecule has 13 heavy (non-hydrogen) atoms. The fraction of sp³-hybridized carbons (Fsp3) is 0. The molecule has 1 heterocycles. The van der Waals surface area contributed by atoms with E-state index in [2.05, 4.69) is 25.9 Å². The van der Waals surface area contributed by atoms with Gasteiger partial charge in [0.05, 0.1) is 11.9 Å². The van der Waals surface area contributed by atoms with Crippen molar-refractivity contribution >= 4 is 45.2 Å². The zero-order valence-electron chi connectivity index (χ0n) is 6.57. The van der Waals surface area contributed by atoms with Gasteiger partial charge in [-0.15, -0.1) is 0 Å². The lowest BCUT2D eigenvalue weighted by molar-refractivity contribution is 1.60. The van der Waals surface area contributed by atoms with Crippen LogP contribution < -0.4 is 0 Å². The average molecular weight is 253 g/mol. The number of hydrogen-bond donors (Lipinski definition) is 0. The Morgan fingerprint density at radius 2 is 2.15 bits per heavy atom. The third kappa shape index (κ3) is 1.89. The predicted molar refractivity (Wildman–Crippen MR) is 61.8 cm³/mol. The number of nitrogens with zero attached hydrogens (tertiary/aromatic N) is 2. The highest BCUT2D eigenvalue weighted by Crippen LogP contribution is 2.13. The van der Waals surface area contributed by atoms with Crippen LogP contribution in [0.3, 0.4) is 0 Å². The number of aliphatic imine (C=N–C) groups is 2. The van der Waals surface area contributed by atoms with Crippen LogP contribution in [-0.4, -0.2) is 17.0 Å². The van der Waals surface area contributed by atoms with Gasteiger partial charge in [0, 0.05) is 10.0 Å². The van der Waals surface area contributed by atoms with Crippen LogP contribution in [-0.2, 0) is 0 Å². The van der Waals surface area contributed by atoms with E-state index in [0.717, 1.165) is 15.7 Å². The largest absolute Gasteiger partial charge is 0.225 e. The van der Waals surface area contributed by atoms with E-state index >= 15 is 0 Å². The van der Waals surface area contributed by atoms with E-state index in [4.69, 9.17) is 12.2 Å². The Hall–Kier alpha value is -0.870. The standard InChI is InChI=1S/C9H5BrN2S/c10-7-3-1-2-6(4-7)8-5-11-9(13)12-8/h1-5H. The van der Waals surface area contributed by atoms with Crippen molar-refractivity contribution in [1.29, 1.82) is 0 Å². The van der Waals surface area contributed by atoms with Crippen LogP contribution in [0.2, 0.25) is 0 Å². The number of halogens is 1. The Morgan fingerprint density at radius 1 is 1.31 bits per heavy atom. The van der Waals surface area contributed by atoms with Crippen molar-refractivity contribution in [3.63, 3.8) is 0 Å². The van der Waals surface area contributed by atoms with Crippen molar-refractivity contribution in [2.45, 2.75) is 0 Å². The Balaban J connectivity index is 2.42. The van der Waals surface area contributed by atoms with Crippen molar-refractivity contribution in [1.82, 2.24) is 0 Å². The van der Waals surface area contributed by atoms with Crippen molar-refractivity contribution in [3.05, 3.63) is 34.3 Å². The van der Waals surface area contributed by atoms with E-state index in [1.54, 1.807) is 6.21 Å². The van der Waals surface area contributed by atoms with Gasteiger partial charge < -0.3 is 0 Å². The topological polar surface area (TPSA) is 24.7 Å². The van der Waals surface area contributed by atoms with Gasteiger partial charge >= 0.3 is 0 Å². The molecule has 0 spiro atoms. The molecular formula is C9H5BrN2S. The van der Waals surface area contributed by atoms with Gasteiger partial charge in [0.15, 0.2) is 0 Å². The first-order valence-electron chi connectivity index (χ1n) is 3.68. The van der Waals surface area contributed by atoms with E-state index in [1.807, 2.05) is 24.3 Å². The molecule has 0 aromatic heterocycles. The number of rotatable bonds is 1. The van der Waals surface area contributed by atoms with E-state index < -0.39 is 0 Å². The average Bonchev–Trinajstić information content (AvgIpc) is 2.52. The molecule has 0 atom stereocenters. The first-order valence-corrected chi connectivity index (χ1v) is 4.88. The summed E-state index contributed by atoms with van der Waals surface area (Å²) in [5.41, 5.74) is 1.85. The summed E-state index contributed by atoms with van der Waals surface area (Å²) in [4.78, 5) is 8.02. The molecule has 1 aliphatic heterocycles. The molecule has 0 amide bonds. The van der Waals surface area contributed by atoms with Crippen molar-refractivity contribution in [2.24, 2.45) is 9.98 Å². The molecule has 0 saturated carbocycles. The maximum absolute atomic E-state index is 4.83. The Bertz CT molecular complexity index is 423. The van der Waals surface area contributed by atoms with Crippen LogP contribution in [0.1, 0.15) is 5.56 Å². The fourth-order valence-corrected chi connectivity index (χ4v) is 1.61. The molecule has 0 bridgehead atoms. The summed E-state index contributed by atoms with van der Waals surface area (Å²) in [6, 6.07) is 7.88. The molecule has 2 rings (SSSR count). The highest BCUT2D eigenvalue weighted by atomic mass is 79.9. The summed E-state index contributed by atoms with van der Waals surface area (Å²) in [6.45, 7) is 0. The van der Waals surface area contributed by atoms with Gasteiger partial charge in [0.2, 0.25) is 5.11 Å². The third-order valence-electron chi connectivity index (χ3n) is 1.63. The van der Waals surface area contributed by atoms with Gasteiger partial charge in [-0.25, -0.2) is 9.98 Å². The molecule has 0 N–H and O–H groups in total. The number of thiocarbonyl (C=S) groups is 1. The monoisotopic (exact) mass is 252 g/mol. The zero-order valence-corrected chi connectivity index (χ0v) is 8.97. The molecule has 0 saturated heterocycles. The smallest absolute Gasteiger partial charge is 0.219 e. The van der Waals surface area contributed by atoms with Crippen molar-refractivity contribution < 1.29 is 0 Å². The molecule has 1 aromatic carbocycles. The molecular weight excluding hydrogens is 248 g/mol. The SMILES string of the molecule is S=C1N=CC(c2cccc(Br)c2)=N1. The van der Waals surface area contributed by atoms with Crippen LogP contribution in [0.25, 0.3) is 0 Å². The minimum atomic E-state index is 0.398. The Kier molecular flexibility index (Phi) is 2.33. The van der Waals surface area contributed by atoms with E-state index in [1.165, 1.54) is 0 Å². The maximum Gasteiger partial charge on any atom is 0.219 e. The maximum atomic E-state index is 4.83. The van der Waals surface area contributed by atoms with E-state index in [9.17, 15) is 0 Å². The van der Waals surface area contributed by atoms with Gasteiger partial charge in [-0.1, -0.05) is 28.1 Å². The van der Waals surface area contributed by atoms with Crippen LogP contribution in [0, 0.1) is 0 Å². The van der Waals surface area contributed by atoms with Gasteiger partial charge in [-0.2, -0.15) is 0 Å². The van der Waals surface area contributed by atoms with E-state index in [0.29, 0.717) is 5.11 Å². The van der Waals surface area contributed by atoms with Crippen LogP contribution in [0.5, 0.6) is 0 Å². The molecule has 0 aliphatic carbocycles. The first kappa shape index (κ1) is 8.72. The molecule has 0 fully saturated rings. The molecule has 2 nitrogen and oxygen atoms in total. The lowest BCUT2D eigenvalue weighted by atomic mass is 10.1. The first-order chi connectivity index (χ1) is 6.25. The molecule has 1 aromatic rings. The van der Waals surface area contributed by atoms with E-state index in [-0.39, 0.29) is 0 Å².